The normalized spacial score (nSPS) is 13.1. The standard InChI is InChI=1S/C17H21N/c1-6-8-14(4)16(9-7-2)18-17-11-10-13(3)12-15(17)5/h6-12H,1H2,2-5H3/b9-7-,14-8-,18-16?. The lowest BCUT2D eigenvalue weighted by molar-refractivity contribution is 1.34. The van der Waals surface area contributed by atoms with E-state index in [1.807, 2.05) is 32.1 Å². The molecule has 0 amide bonds. The predicted octanol–water partition coefficient (Wildman–Crippen LogP) is 5.08. The fraction of sp³-hybridized carbons (Fsp3) is 0.235. The first-order chi connectivity index (χ1) is 8.58. The monoisotopic (exact) mass is 239 g/mol. The van der Waals surface area contributed by atoms with Gasteiger partial charge in [0.2, 0.25) is 0 Å². The Labute approximate surface area is 110 Å². The van der Waals surface area contributed by atoms with Crippen molar-refractivity contribution in [2.45, 2.75) is 27.7 Å². The van der Waals surface area contributed by atoms with E-state index in [0.717, 1.165) is 17.0 Å². The average molecular weight is 239 g/mol. The van der Waals surface area contributed by atoms with Crippen LogP contribution in [0.1, 0.15) is 25.0 Å². The van der Waals surface area contributed by atoms with E-state index in [1.165, 1.54) is 11.1 Å². The maximum Gasteiger partial charge on any atom is 0.0666 e. The molecule has 0 fully saturated rings. The van der Waals surface area contributed by atoms with E-state index in [9.17, 15) is 0 Å². The second kappa shape index (κ2) is 6.75. The molecule has 1 heteroatoms. The van der Waals surface area contributed by atoms with E-state index in [-0.39, 0.29) is 0 Å². The van der Waals surface area contributed by atoms with Gasteiger partial charge in [0.15, 0.2) is 0 Å². The Hall–Kier alpha value is -1.89. The van der Waals surface area contributed by atoms with Gasteiger partial charge >= 0.3 is 0 Å². The Balaban J connectivity index is 3.24. The van der Waals surface area contributed by atoms with Gasteiger partial charge in [0.25, 0.3) is 0 Å². The van der Waals surface area contributed by atoms with Crippen molar-refractivity contribution in [2.24, 2.45) is 4.99 Å². The topological polar surface area (TPSA) is 12.4 Å². The van der Waals surface area contributed by atoms with Crippen LogP contribution < -0.4 is 0 Å². The van der Waals surface area contributed by atoms with Crippen LogP contribution in [-0.2, 0) is 0 Å². The smallest absolute Gasteiger partial charge is 0.0666 e. The molecule has 0 heterocycles. The highest BCUT2D eigenvalue weighted by atomic mass is 14.7. The summed E-state index contributed by atoms with van der Waals surface area (Å²) in [4.78, 5) is 4.72. The SMILES string of the molecule is C=C/C=C(/C)C(/C=C\C)=Nc1ccc(C)cc1C. The lowest BCUT2D eigenvalue weighted by Gasteiger charge is -2.05. The summed E-state index contributed by atoms with van der Waals surface area (Å²) < 4.78 is 0. The molecular formula is C17H21N. The number of benzene rings is 1. The predicted molar refractivity (Wildman–Crippen MR) is 81.8 cm³/mol. The molecule has 0 N–H and O–H groups in total. The summed E-state index contributed by atoms with van der Waals surface area (Å²) in [7, 11) is 0. The minimum Gasteiger partial charge on any atom is -0.249 e. The summed E-state index contributed by atoms with van der Waals surface area (Å²) >= 11 is 0. The summed E-state index contributed by atoms with van der Waals surface area (Å²) in [5.41, 5.74) is 5.57. The summed E-state index contributed by atoms with van der Waals surface area (Å²) in [6, 6.07) is 6.31. The van der Waals surface area contributed by atoms with Crippen LogP contribution in [0.4, 0.5) is 5.69 Å². The van der Waals surface area contributed by atoms with Crippen LogP contribution in [0.5, 0.6) is 0 Å². The van der Waals surface area contributed by atoms with Gasteiger partial charge < -0.3 is 0 Å². The van der Waals surface area contributed by atoms with Crippen LogP contribution >= 0.6 is 0 Å². The molecule has 0 saturated heterocycles. The van der Waals surface area contributed by atoms with Crippen LogP contribution in [0.3, 0.4) is 0 Å². The molecule has 0 aliphatic carbocycles. The Morgan fingerprint density at radius 1 is 1.28 bits per heavy atom. The van der Waals surface area contributed by atoms with Crippen molar-refractivity contribution in [1.29, 1.82) is 0 Å². The summed E-state index contributed by atoms with van der Waals surface area (Å²) in [6.45, 7) is 12.0. The molecule has 0 aliphatic rings. The molecule has 0 aromatic heterocycles. The summed E-state index contributed by atoms with van der Waals surface area (Å²) in [5.74, 6) is 0. The van der Waals surface area contributed by atoms with E-state index < -0.39 is 0 Å². The van der Waals surface area contributed by atoms with Gasteiger partial charge in [-0.15, -0.1) is 0 Å². The number of aryl methyl sites for hydroxylation is 2. The Bertz CT molecular complexity index is 516. The second-order valence-corrected chi connectivity index (χ2v) is 4.37. The maximum atomic E-state index is 4.72. The van der Waals surface area contributed by atoms with Gasteiger partial charge in [-0.2, -0.15) is 0 Å². The highest BCUT2D eigenvalue weighted by Gasteiger charge is 2.00. The molecule has 0 atom stereocenters. The third-order valence-corrected chi connectivity index (χ3v) is 2.69. The second-order valence-electron chi connectivity index (χ2n) is 4.37. The number of nitrogens with zero attached hydrogens (tertiary/aromatic N) is 1. The molecule has 0 saturated carbocycles. The lowest BCUT2D eigenvalue weighted by atomic mass is 10.1. The van der Waals surface area contributed by atoms with Crippen molar-refractivity contribution in [3.63, 3.8) is 0 Å². The van der Waals surface area contributed by atoms with E-state index in [4.69, 9.17) is 4.99 Å². The van der Waals surface area contributed by atoms with Crippen molar-refractivity contribution in [2.75, 3.05) is 0 Å². The van der Waals surface area contributed by atoms with Crippen molar-refractivity contribution in [3.05, 3.63) is 65.8 Å². The first kappa shape index (κ1) is 14.2. The lowest BCUT2D eigenvalue weighted by Crippen LogP contribution is -1.95. The molecule has 1 nitrogen and oxygen atoms in total. The van der Waals surface area contributed by atoms with E-state index in [2.05, 4.69) is 38.6 Å². The largest absolute Gasteiger partial charge is 0.249 e. The third-order valence-electron chi connectivity index (χ3n) is 2.69. The zero-order valence-corrected chi connectivity index (χ0v) is 11.7. The molecule has 0 aliphatic heterocycles. The Kier molecular flexibility index (Phi) is 5.31. The first-order valence-corrected chi connectivity index (χ1v) is 6.16. The molecular weight excluding hydrogens is 218 g/mol. The molecule has 0 spiro atoms. The molecule has 1 aromatic rings. The minimum atomic E-state index is 0.976. The molecule has 0 radical (unpaired) electrons. The molecule has 18 heavy (non-hydrogen) atoms. The highest BCUT2D eigenvalue weighted by Crippen LogP contribution is 2.21. The van der Waals surface area contributed by atoms with Crippen LogP contribution in [0.2, 0.25) is 0 Å². The van der Waals surface area contributed by atoms with Crippen LogP contribution in [0.25, 0.3) is 0 Å². The van der Waals surface area contributed by atoms with E-state index in [0.29, 0.717) is 0 Å². The highest BCUT2D eigenvalue weighted by molar-refractivity contribution is 6.09. The number of rotatable bonds is 4. The van der Waals surface area contributed by atoms with E-state index in [1.54, 1.807) is 6.08 Å². The molecule has 0 bridgehead atoms. The fourth-order valence-corrected chi connectivity index (χ4v) is 1.74. The zero-order chi connectivity index (χ0) is 13.5. The fourth-order valence-electron chi connectivity index (χ4n) is 1.74. The van der Waals surface area contributed by atoms with Gasteiger partial charge in [0.05, 0.1) is 11.4 Å². The Morgan fingerprint density at radius 2 is 2.00 bits per heavy atom. The van der Waals surface area contributed by atoms with Crippen LogP contribution in [-0.4, -0.2) is 5.71 Å². The number of hydrogen-bond acceptors (Lipinski definition) is 1. The third kappa shape index (κ3) is 3.85. The molecule has 94 valence electrons. The quantitative estimate of drug-likeness (QED) is 0.513. The molecule has 1 rings (SSSR count). The zero-order valence-electron chi connectivity index (χ0n) is 11.7. The van der Waals surface area contributed by atoms with E-state index >= 15 is 0 Å². The van der Waals surface area contributed by atoms with Crippen molar-refractivity contribution in [1.82, 2.24) is 0 Å². The number of allylic oxidation sites excluding steroid dienone is 5. The van der Waals surface area contributed by atoms with Gasteiger partial charge in [-0.1, -0.05) is 42.5 Å². The van der Waals surface area contributed by atoms with Crippen molar-refractivity contribution in [3.8, 4) is 0 Å². The summed E-state index contributed by atoms with van der Waals surface area (Å²) in [5, 5.41) is 0. The first-order valence-electron chi connectivity index (χ1n) is 6.16. The number of aliphatic imine (C=N–C) groups is 1. The van der Waals surface area contributed by atoms with Gasteiger partial charge in [-0.05, 0) is 51.0 Å². The van der Waals surface area contributed by atoms with Gasteiger partial charge in [-0.25, -0.2) is 4.99 Å². The van der Waals surface area contributed by atoms with Crippen LogP contribution in [0.15, 0.2) is 59.6 Å². The molecule has 0 unspecified atom stereocenters. The average Bonchev–Trinajstić information content (AvgIpc) is 2.32. The summed E-state index contributed by atoms with van der Waals surface area (Å²) in [6.07, 6.45) is 7.79. The Morgan fingerprint density at radius 3 is 2.56 bits per heavy atom. The van der Waals surface area contributed by atoms with Crippen LogP contribution in [0, 0.1) is 13.8 Å². The van der Waals surface area contributed by atoms with Crippen molar-refractivity contribution >= 4 is 11.4 Å². The maximum absolute atomic E-state index is 4.72. The number of hydrogen-bond donors (Lipinski definition) is 0. The van der Waals surface area contributed by atoms with Gasteiger partial charge in [0, 0.05) is 0 Å². The minimum absolute atomic E-state index is 0.976. The van der Waals surface area contributed by atoms with Gasteiger partial charge in [-0.3, -0.25) is 0 Å². The van der Waals surface area contributed by atoms with Crippen molar-refractivity contribution < 1.29 is 0 Å². The van der Waals surface area contributed by atoms with Gasteiger partial charge in [0.1, 0.15) is 0 Å². The molecule has 1 aromatic carbocycles.